The fraction of sp³-hybridized carbons (Fsp3) is 0.471. The molecule has 0 aromatic heterocycles. The van der Waals surface area contributed by atoms with Crippen LogP contribution in [0.15, 0.2) is 64.8 Å². The monoisotopic (exact) mass is 559 g/mol. The quantitative estimate of drug-likeness (QED) is 0.162. The van der Waals surface area contributed by atoms with Gasteiger partial charge in [0.25, 0.3) is 5.69 Å². The Morgan fingerprint density at radius 1 is 0.683 bits per heavy atom. The average molecular weight is 560 g/mol. The molecule has 0 radical (unpaired) electrons. The third-order valence-electron chi connectivity index (χ3n) is 7.23. The molecule has 0 atom stereocenters. The maximum Gasteiger partial charge on any atom is 0.296 e. The van der Waals surface area contributed by atoms with Crippen LogP contribution in [0.4, 0.5) is 17.1 Å². The fourth-order valence-electron chi connectivity index (χ4n) is 6.13. The summed E-state index contributed by atoms with van der Waals surface area (Å²) in [5.41, 5.74) is 2.59. The van der Waals surface area contributed by atoms with Crippen molar-refractivity contribution in [1.29, 1.82) is 0 Å². The van der Waals surface area contributed by atoms with Crippen LogP contribution in [0.3, 0.4) is 0 Å². The van der Waals surface area contributed by atoms with E-state index in [4.69, 9.17) is 0 Å². The van der Waals surface area contributed by atoms with Gasteiger partial charge >= 0.3 is 0 Å². The van der Waals surface area contributed by atoms with Crippen molar-refractivity contribution in [2.75, 3.05) is 0 Å². The molecule has 0 saturated heterocycles. The summed E-state index contributed by atoms with van der Waals surface area (Å²) in [7, 11) is 0. The lowest BCUT2D eigenvalue weighted by molar-refractivity contribution is -0.384. The summed E-state index contributed by atoms with van der Waals surface area (Å²) in [6.45, 7) is 21.8. The van der Waals surface area contributed by atoms with Gasteiger partial charge in [0.1, 0.15) is 11.4 Å². The maximum absolute atomic E-state index is 11.5. The van der Waals surface area contributed by atoms with Gasteiger partial charge in [0.15, 0.2) is 11.4 Å². The van der Waals surface area contributed by atoms with Crippen LogP contribution in [-0.2, 0) is 10.8 Å². The minimum absolute atomic E-state index is 0.0208. The predicted molar refractivity (Wildman–Crippen MR) is 167 cm³/mol. The number of phenolic OH excluding ortho intramolecular Hbond substituents is 2. The van der Waals surface area contributed by atoms with E-state index >= 15 is 0 Å². The van der Waals surface area contributed by atoms with Crippen LogP contribution in [0.25, 0.3) is 11.1 Å². The molecule has 0 bridgehead atoms. The molecule has 3 rings (SSSR count). The summed E-state index contributed by atoms with van der Waals surface area (Å²) in [5, 5.41) is 42.6. The van der Waals surface area contributed by atoms with Gasteiger partial charge in [0.2, 0.25) is 0 Å². The lowest BCUT2D eigenvalue weighted by Gasteiger charge is -2.34. The molecule has 3 aromatic carbocycles. The standard InChI is InChI=1S/C34H45N3O4/c1-31(2,3)20-33(7,8)22-15-16-29(38)24(17-22)25-18-23(34(9,10)21-32(4,5)6)19-27(30(25)39)36-35-26-13-11-12-14-28(26)37(40)41/h11-19,38-39H,20-21H2,1-10H3/b36-35+. The maximum atomic E-state index is 11.5. The number of azo groups is 1. The van der Waals surface area contributed by atoms with Gasteiger partial charge in [0.05, 0.1) is 4.92 Å². The van der Waals surface area contributed by atoms with E-state index in [0.29, 0.717) is 11.1 Å². The second kappa shape index (κ2) is 11.3. The highest BCUT2D eigenvalue weighted by Crippen LogP contribution is 2.48. The van der Waals surface area contributed by atoms with Gasteiger partial charge in [-0.3, -0.25) is 10.1 Å². The van der Waals surface area contributed by atoms with Crippen LogP contribution < -0.4 is 0 Å². The van der Waals surface area contributed by atoms with Crippen molar-refractivity contribution in [3.8, 4) is 22.6 Å². The summed E-state index contributed by atoms with van der Waals surface area (Å²) in [5.74, 6) is -0.105. The molecule has 0 amide bonds. The number of nitro groups is 1. The first-order valence-electron chi connectivity index (χ1n) is 14.1. The van der Waals surface area contributed by atoms with E-state index in [-0.39, 0.29) is 50.2 Å². The van der Waals surface area contributed by atoms with E-state index in [1.165, 1.54) is 12.1 Å². The Kier molecular flexibility index (Phi) is 8.73. The summed E-state index contributed by atoms with van der Waals surface area (Å²) < 4.78 is 0. The van der Waals surface area contributed by atoms with Crippen LogP contribution in [0, 0.1) is 20.9 Å². The smallest absolute Gasteiger partial charge is 0.296 e. The van der Waals surface area contributed by atoms with Gasteiger partial charge in [-0.15, -0.1) is 10.2 Å². The van der Waals surface area contributed by atoms with E-state index in [1.807, 2.05) is 18.2 Å². The Balaban J connectivity index is 2.27. The molecule has 0 aliphatic rings. The largest absolute Gasteiger partial charge is 0.507 e. The molecular weight excluding hydrogens is 514 g/mol. The van der Waals surface area contributed by atoms with Gasteiger partial charge in [0, 0.05) is 17.2 Å². The van der Waals surface area contributed by atoms with Gasteiger partial charge in [-0.25, -0.2) is 0 Å². The van der Waals surface area contributed by atoms with Crippen molar-refractivity contribution in [3.63, 3.8) is 0 Å². The molecule has 0 aliphatic heterocycles. The normalized spacial score (nSPS) is 13.1. The van der Waals surface area contributed by atoms with E-state index in [9.17, 15) is 20.3 Å². The fourth-order valence-corrected chi connectivity index (χ4v) is 6.13. The molecule has 0 fully saturated rings. The number of nitrogens with zero attached hydrogens (tertiary/aromatic N) is 3. The van der Waals surface area contributed by atoms with Gasteiger partial charge < -0.3 is 10.2 Å². The molecule has 41 heavy (non-hydrogen) atoms. The number of hydrogen-bond donors (Lipinski definition) is 2. The number of para-hydroxylation sites is 1. The summed E-state index contributed by atoms with van der Waals surface area (Å²) in [6, 6.07) is 15.4. The molecule has 220 valence electrons. The number of aromatic hydroxyl groups is 2. The van der Waals surface area contributed by atoms with Crippen LogP contribution in [0.1, 0.15) is 93.2 Å². The van der Waals surface area contributed by atoms with Gasteiger partial charge in [-0.05, 0) is 76.0 Å². The second-order valence-electron chi connectivity index (χ2n) is 14.8. The van der Waals surface area contributed by atoms with E-state index in [0.717, 1.165) is 24.0 Å². The third-order valence-corrected chi connectivity index (χ3v) is 7.23. The Morgan fingerprint density at radius 2 is 1.20 bits per heavy atom. The highest BCUT2D eigenvalue weighted by molar-refractivity contribution is 5.82. The SMILES string of the molecule is CC(C)(C)CC(C)(C)c1ccc(O)c(-c2cc(C(C)(C)CC(C)(C)C)cc(/N=N/c3ccccc3[N+](=O)[O-])c2O)c1. The topological polar surface area (TPSA) is 108 Å². The molecule has 0 spiro atoms. The predicted octanol–water partition coefficient (Wildman–Crippen LogP) is 10.5. The Bertz CT molecular complexity index is 1460. The highest BCUT2D eigenvalue weighted by Gasteiger charge is 2.31. The lowest BCUT2D eigenvalue weighted by atomic mass is 9.71. The van der Waals surface area contributed by atoms with Crippen molar-refractivity contribution < 1.29 is 15.1 Å². The Labute approximate surface area is 244 Å². The van der Waals surface area contributed by atoms with Crippen LogP contribution in [0.5, 0.6) is 11.5 Å². The van der Waals surface area contributed by atoms with Crippen molar-refractivity contribution >= 4 is 17.1 Å². The number of nitro benzene ring substituents is 1. The molecular formula is C34H45N3O4. The molecule has 0 aliphatic carbocycles. The van der Waals surface area contributed by atoms with Crippen molar-refractivity contribution in [1.82, 2.24) is 0 Å². The molecule has 7 heteroatoms. The summed E-state index contributed by atoms with van der Waals surface area (Å²) in [4.78, 5) is 11.0. The first kappa shape index (κ1) is 31.8. The van der Waals surface area contributed by atoms with Gasteiger partial charge in [-0.2, -0.15) is 0 Å². The second-order valence-corrected chi connectivity index (χ2v) is 14.8. The Hall–Kier alpha value is -3.74. The lowest BCUT2D eigenvalue weighted by Crippen LogP contribution is -2.25. The minimum Gasteiger partial charge on any atom is -0.507 e. The molecule has 0 heterocycles. The molecule has 3 aromatic rings. The van der Waals surface area contributed by atoms with E-state index < -0.39 is 4.92 Å². The zero-order chi connectivity index (χ0) is 31.0. The minimum atomic E-state index is -0.509. The summed E-state index contributed by atoms with van der Waals surface area (Å²) >= 11 is 0. The van der Waals surface area contributed by atoms with Crippen molar-refractivity contribution in [2.45, 2.75) is 92.9 Å². The molecule has 0 saturated carbocycles. The number of hydrogen-bond acceptors (Lipinski definition) is 6. The third kappa shape index (κ3) is 7.93. The zero-order valence-electron chi connectivity index (χ0n) is 26.2. The average Bonchev–Trinajstić information content (AvgIpc) is 2.80. The Morgan fingerprint density at radius 3 is 1.76 bits per heavy atom. The van der Waals surface area contributed by atoms with Gasteiger partial charge in [-0.1, -0.05) is 87.4 Å². The number of benzene rings is 3. The molecule has 7 nitrogen and oxygen atoms in total. The molecule has 2 N–H and O–H groups in total. The summed E-state index contributed by atoms with van der Waals surface area (Å²) in [6.07, 6.45) is 1.76. The number of phenols is 2. The molecule has 0 unspecified atom stereocenters. The van der Waals surface area contributed by atoms with Crippen LogP contribution in [0.2, 0.25) is 0 Å². The number of rotatable bonds is 8. The first-order chi connectivity index (χ1) is 18.7. The van der Waals surface area contributed by atoms with Crippen molar-refractivity contribution in [3.05, 3.63) is 75.8 Å². The van der Waals surface area contributed by atoms with E-state index in [1.54, 1.807) is 24.3 Å². The zero-order valence-corrected chi connectivity index (χ0v) is 26.2. The first-order valence-corrected chi connectivity index (χ1v) is 14.1. The van der Waals surface area contributed by atoms with Crippen LogP contribution >= 0.6 is 0 Å². The highest BCUT2D eigenvalue weighted by atomic mass is 16.6. The van der Waals surface area contributed by atoms with Crippen LogP contribution in [-0.4, -0.2) is 15.1 Å². The van der Waals surface area contributed by atoms with Crippen molar-refractivity contribution in [2.24, 2.45) is 21.1 Å². The van der Waals surface area contributed by atoms with E-state index in [2.05, 4.69) is 79.5 Å².